The number of esters is 1. The number of ketones is 1. The number of fused-ring (bicyclic) bond motifs is 3. The predicted molar refractivity (Wildman–Crippen MR) is 139 cm³/mol. The van der Waals surface area contributed by atoms with Crippen LogP contribution in [-0.4, -0.2) is 76.6 Å². The molecule has 10 nitrogen and oxygen atoms in total. The molecule has 1 aromatic heterocycles. The topological polar surface area (TPSA) is 139 Å². The van der Waals surface area contributed by atoms with Gasteiger partial charge in [0.2, 0.25) is 11.8 Å². The van der Waals surface area contributed by atoms with E-state index in [1.54, 1.807) is 39.0 Å². The van der Waals surface area contributed by atoms with Crippen LogP contribution in [0.25, 0.3) is 0 Å². The van der Waals surface area contributed by atoms with Crippen molar-refractivity contribution in [3.63, 3.8) is 0 Å². The molecule has 0 aromatic carbocycles. The Hall–Kier alpha value is -3.60. The van der Waals surface area contributed by atoms with E-state index in [9.17, 15) is 28.7 Å². The van der Waals surface area contributed by atoms with E-state index >= 15 is 0 Å². The molecule has 2 aliphatic rings. The van der Waals surface area contributed by atoms with Crippen LogP contribution in [-0.2, 0) is 25.5 Å². The van der Waals surface area contributed by atoms with Gasteiger partial charge in [0.1, 0.15) is 24.2 Å². The smallest absolute Gasteiger partial charge is 0.329 e. The van der Waals surface area contributed by atoms with Crippen LogP contribution >= 0.6 is 0 Å². The van der Waals surface area contributed by atoms with Gasteiger partial charge < -0.3 is 24.5 Å². The fourth-order valence-corrected chi connectivity index (χ4v) is 4.64. The lowest BCUT2D eigenvalue weighted by molar-refractivity contribution is -0.158. The van der Waals surface area contributed by atoms with Crippen molar-refractivity contribution in [1.82, 2.24) is 15.2 Å². The van der Waals surface area contributed by atoms with Gasteiger partial charge in [-0.05, 0) is 25.8 Å². The third kappa shape index (κ3) is 8.44. The zero-order chi connectivity index (χ0) is 28.5. The molecular formula is C28H36FN3O7. The first-order valence-corrected chi connectivity index (χ1v) is 13.1. The summed E-state index contributed by atoms with van der Waals surface area (Å²) in [4.78, 5) is 56.5. The van der Waals surface area contributed by atoms with Crippen LogP contribution < -0.4 is 5.32 Å². The van der Waals surface area contributed by atoms with Crippen molar-refractivity contribution in [2.75, 3.05) is 19.8 Å². The Bertz CT molecular complexity index is 1140. The summed E-state index contributed by atoms with van der Waals surface area (Å²) in [6.07, 6.45) is 7.60. The number of hydrogen-bond acceptors (Lipinski definition) is 8. The Morgan fingerprint density at radius 2 is 2.03 bits per heavy atom. The third-order valence-corrected chi connectivity index (χ3v) is 6.70. The molecule has 0 radical (unpaired) electrons. The Balaban J connectivity index is 1.87. The Kier molecular flexibility index (Phi) is 10.7. The van der Waals surface area contributed by atoms with Gasteiger partial charge in [0.15, 0.2) is 5.69 Å². The van der Waals surface area contributed by atoms with Gasteiger partial charge in [-0.3, -0.25) is 18.8 Å². The van der Waals surface area contributed by atoms with Gasteiger partial charge in [-0.15, -0.1) is 0 Å². The number of carbonyl (C=O) groups is 4. The summed E-state index contributed by atoms with van der Waals surface area (Å²) in [5, 5.41) is 12.9. The molecule has 0 saturated carbocycles. The molecule has 212 valence electrons. The van der Waals surface area contributed by atoms with Gasteiger partial charge in [0, 0.05) is 31.3 Å². The fraction of sp³-hybridized carbons (Fsp3) is 0.536. The first-order chi connectivity index (χ1) is 18.6. The molecule has 11 heteroatoms. The molecule has 0 spiro atoms. The van der Waals surface area contributed by atoms with Crippen molar-refractivity contribution < 1.29 is 37.8 Å². The highest BCUT2D eigenvalue weighted by molar-refractivity contribution is 5.95. The summed E-state index contributed by atoms with van der Waals surface area (Å²) in [7, 11) is 0. The molecule has 1 saturated heterocycles. The number of aromatic nitrogens is 1. The van der Waals surface area contributed by atoms with Crippen molar-refractivity contribution in [3.8, 4) is 0 Å². The van der Waals surface area contributed by atoms with Gasteiger partial charge in [0.05, 0.1) is 19.2 Å². The minimum Gasteiger partial charge on any atom is -0.460 e. The Labute approximate surface area is 227 Å². The van der Waals surface area contributed by atoms with Gasteiger partial charge in [-0.2, -0.15) is 0 Å². The Morgan fingerprint density at radius 1 is 1.26 bits per heavy atom. The molecule has 1 aromatic rings. The maximum atomic E-state index is 13.6. The first-order valence-electron chi connectivity index (χ1n) is 13.1. The zero-order valence-electron chi connectivity index (χ0n) is 22.5. The highest BCUT2D eigenvalue weighted by Gasteiger charge is 2.39. The standard InChI is InChI=1S/C28H36FN3O7/c1-17-6-4-10-30-24(35)9-8-18(2)26(19(3)15-29)39-28(37)23-7-5-11-32(23)27(36)22-16-38-25(31-22)14-21(34)13-20(33)12-17/h4,6,8-9,12,16,18-20,23,26,33H,5,7,10-11,13-15H2,1-3H3,(H,30,35)/b6-4?,9-8+,17-12?. The molecule has 0 aliphatic carbocycles. The summed E-state index contributed by atoms with van der Waals surface area (Å²) in [5.74, 6) is -3.00. The molecule has 2 amide bonds. The molecule has 5 unspecified atom stereocenters. The van der Waals surface area contributed by atoms with E-state index in [0.29, 0.717) is 25.0 Å². The van der Waals surface area contributed by atoms with E-state index in [4.69, 9.17) is 9.15 Å². The van der Waals surface area contributed by atoms with E-state index in [-0.39, 0.29) is 42.7 Å². The number of nitrogens with zero attached hydrogens (tertiary/aromatic N) is 2. The maximum absolute atomic E-state index is 13.6. The quantitative estimate of drug-likeness (QED) is 0.541. The minimum atomic E-state index is -1.03. The first kappa shape index (κ1) is 29.9. The van der Waals surface area contributed by atoms with Crippen molar-refractivity contribution in [3.05, 3.63) is 53.8 Å². The number of carbonyl (C=O) groups excluding carboxylic acids is 4. The number of alkyl halides is 1. The summed E-state index contributed by atoms with van der Waals surface area (Å²) in [6, 6.07) is -0.883. The number of rotatable bonds is 2. The van der Waals surface area contributed by atoms with Crippen molar-refractivity contribution in [1.29, 1.82) is 0 Å². The van der Waals surface area contributed by atoms with Crippen LogP contribution in [0.4, 0.5) is 4.39 Å². The van der Waals surface area contributed by atoms with Gasteiger partial charge >= 0.3 is 5.97 Å². The van der Waals surface area contributed by atoms with Crippen molar-refractivity contribution >= 4 is 23.6 Å². The van der Waals surface area contributed by atoms with Crippen LogP contribution in [0.3, 0.4) is 0 Å². The maximum Gasteiger partial charge on any atom is 0.329 e. The van der Waals surface area contributed by atoms with E-state index in [2.05, 4.69) is 10.3 Å². The summed E-state index contributed by atoms with van der Waals surface area (Å²) >= 11 is 0. The predicted octanol–water partition coefficient (Wildman–Crippen LogP) is 2.48. The van der Waals surface area contributed by atoms with Crippen LogP contribution in [0.15, 0.2) is 46.6 Å². The molecular weight excluding hydrogens is 509 g/mol. The third-order valence-electron chi connectivity index (χ3n) is 6.70. The normalized spacial score (nSPS) is 27.8. The highest BCUT2D eigenvalue weighted by Crippen LogP contribution is 2.25. The fourth-order valence-electron chi connectivity index (χ4n) is 4.64. The van der Waals surface area contributed by atoms with Crippen molar-refractivity contribution in [2.45, 2.75) is 64.7 Å². The van der Waals surface area contributed by atoms with E-state index < -0.39 is 48.6 Å². The number of cyclic esters (lactones) is 1. The summed E-state index contributed by atoms with van der Waals surface area (Å²) < 4.78 is 24.7. The second-order valence-corrected chi connectivity index (χ2v) is 10.1. The van der Waals surface area contributed by atoms with Crippen LogP contribution in [0, 0.1) is 11.8 Å². The number of nitrogens with one attached hydrogen (secondary N) is 1. The number of aliphatic hydroxyl groups excluding tert-OH is 1. The van der Waals surface area contributed by atoms with Crippen molar-refractivity contribution in [2.24, 2.45) is 11.8 Å². The molecule has 1 fully saturated rings. The van der Waals surface area contributed by atoms with E-state index in [1.165, 1.54) is 17.1 Å². The van der Waals surface area contributed by atoms with Gasteiger partial charge in [-0.25, -0.2) is 9.78 Å². The lowest BCUT2D eigenvalue weighted by atomic mass is 9.93. The largest absolute Gasteiger partial charge is 0.460 e. The SMILES string of the molecule is CC1=CC(O)CC(=O)Cc2nc(co2)C(=O)N2CCCC2C(=O)OC(C(C)CF)C(C)/C=C/C(=O)NCC=C1. The number of ether oxygens (including phenoxy) is 1. The van der Waals surface area contributed by atoms with E-state index in [1.807, 2.05) is 0 Å². The average molecular weight is 546 g/mol. The summed E-state index contributed by atoms with van der Waals surface area (Å²) in [5.41, 5.74) is 0.648. The number of aliphatic hydroxyl groups is 1. The molecule has 2 aliphatic heterocycles. The Morgan fingerprint density at radius 3 is 2.77 bits per heavy atom. The second kappa shape index (κ2) is 14.0. The average Bonchev–Trinajstić information content (AvgIpc) is 3.57. The molecule has 3 rings (SSSR count). The second-order valence-electron chi connectivity index (χ2n) is 10.1. The minimum absolute atomic E-state index is 0.0288. The van der Waals surface area contributed by atoms with Gasteiger partial charge in [-0.1, -0.05) is 43.7 Å². The molecule has 2 bridgehead atoms. The van der Waals surface area contributed by atoms with Crippen LogP contribution in [0.1, 0.15) is 56.4 Å². The number of amides is 2. The van der Waals surface area contributed by atoms with Crippen LogP contribution in [0.2, 0.25) is 0 Å². The molecule has 3 heterocycles. The molecule has 39 heavy (non-hydrogen) atoms. The van der Waals surface area contributed by atoms with Gasteiger partial charge in [0.25, 0.3) is 5.91 Å². The number of allylic oxidation sites excluding steroid dienone is 2. The molecule has 5 atom stereocenters. The lowest BCUT2D eigenvalue weighted by Crippen LogP contribution is -2.44. The number of halogens is 1. The monoisotopic (exact) mass is 545 g/mol. The summed E-state index contributed by atoms with van der Waals surface area (Å²) in [6.45, 7) is 4.87. The number of Topliss-reactive ketones (excluding diaryl/α,β-unsaturated/α-hetero) is 1. The zero-order valence-corrected chi connectivity index (χ0v) is 22.5. The van der Waals surface area contributed by atoms with Crippen LogP contribution in [0.5, 0.6) is 0 Å². The van der Waals surface area contributed by atoms with E-state index in [0.717, 1.165) is 6.26 Å². The molecule has 2 N–H and O–H groups in total. The number of hydrogen-bond donors (Lipinski definition) is 2. The lowest BCUT2D eigenvalue weighted by Gasteiger charge is -2.29. The highest BCUT2D eigenvalue weighted by atomic mass is 19.1. The number of oxazole rings is 1.